The van der Waals surface area contributed by atoms with E-state index in [1.807, 2.05) is 6.92 Å². The van der Waals surface area contributed by atoms with Crippen LogP contribution >= 0.6 is 23.2 Å². The van der Waals surface area contributed by atoms with E-state index in [1.165, 1.54) is 0 Å². The second kappa shape index (κ2) is 6.65. The lowest BCUT2D eigenvalue weighted by Crippen LogP contribution is -2.38. The van der Waals surface area contributed by atoms with Crippen molar-refractivity contribution in [1.29, 1.82) is 0 Å². The van der Waals surface area contributed by atoms with E-state index >= 15 is 0 Å². The molecule has 2 rings (SSSR count). The van der Waals surface area contributed by atoms with Crippen LogP contribution < -0.4 is 0 Å². The first-order valence-corrected chi connectivity index (χ1v) is 9.22. The molecule has 6 heteroatoms. The molecule has 0 spiro atoms. The van der Waals surface area contributed by atoms with E-state index in [0.29, 0.717) is 17.1 Å². The van der Waals surface area contributed by atoms with Gasteiger partial charge in [0.2, 0.25) is 10.0 Å². The minimum atomic E-state index is -3.47. The molecule has 0 radical (unpaired) electrons. The van der Waals surface area contributed by atoms with E-state index in [-0.39, 0.29) is 16.8 Å². The molecule has 0 amide bonds. The Labute approximate surface area is 130 Å². The lowest BCUT2D eigenvalue weighted by Gasteiger charge is -2.27. The second-order valence-electron chi connectivity index (χ2n) is 5.03. The maximum atomic E-state index is 12.8. The summed E-state index contributed by atoms with van der Waals surface area (Å²) in [5.74, 6) is 0.206. The van der Waals surface area contributed by atoms with Crippen LogP contribution in [0.1, 0.15) is 38.2 Å². The van der Waals surface area contributed by atoms with Crippen LogP contribution in [0.3, 0.4) is 0 Å². The highest BCUT2D eigenvalue weighted by atomic mass is 35.5. The van der Waals surface area contributed by atoms with Crippen LogP contribution in [0.4, 0.5) is 0 Å². The molecule has 0 aromatic heterocycles. The number of benzene rings is 1. The predicted molar refractivity (Wildman–Crippen MR) is 82.8 cm³/mol. The van der Waals surface area contributed by atoms with E-state index in [2.05, 4.69) is 0 Å². The fourth-order valence-electron chi connectivity index (χ4n) is 2.77. The standard InChI is InChI=1S/C14H19Cl2NO2S/c1-2-17(12-5-3-4-6-12)20(18,19)13-7-8-14(16)11(9-13)10-15/h7-9,12H,2-6,10H2,1H3. The molecule has 0 atom stereocenters. The Bertz CT molecular complexity index is 569. The van der Waals surface area contributed by atoms with Gasteiger partial charge in [0.1, 0.15) is 0 Å². The third-order valence-electron chi connectivity index (χ3n) is 3.81. The Morgan fingerprint density at radius 3 is 2.50 bits per heavy atom. The van der Waals surface area contributed by atoms with Gasteiger partial charge >= 0.3 is 0 Å². The Hall–Kier alpha value is -0.290. The molecule has 1 aliphatic carbocycles. The van der Waals surface area contributed by atoms with Crippen LogP contribution in [-0.2, 0) is 15.9 Å². The van der Waals surface area contributed by atoms with Crippen molar-refractivity contribution in [3.8, 4) is 0 Å². The summed E-state index contributed by atoms with van der Waals surface area (Å²) in [7, 11) is -3.47. The average Bonchev–Trinajstić information content (AvgIpc) is 2.93. The number of alkyl halides is 1. The number of hydrogen-bond acceptors (Lipinski definition) is 2. The van der Waals surface area contributed by atoms with Crippen molar-refractivity contribution in [2.45, 2.75) is 49.4 Å². The van der Waals surface area contributed by atoms with E-state index in [4.69, 9.17) is 23.2 Å². The summed E-state index contributed by atoms with van der Waals surface area (Å²) in [4.78, 5) is 0.284. The van der Waals surface area contributed by atoms with Gasteiger partial charge < -0.3 is 0 Å². The molecule has 0 heterocycles. The molecule has 0 saturated heterocycles. The Kier molecular flexibility index (Phi) is 5.35. The van der Waals surface area contributed by atoms with Gasteiger partial charge in [0.25, 0.3) is 0 Å². The number of rotatable bonds is 5. The van der Waals surface area contributed by atoms with Crippen molar-refractivity contribution in [2.75, 3.05) is 6.54 Å². The summed E-state index contributed by atoms with van der Waals surface area (Å²) in [5, 5.41) is 0.503. The summed E-state index contributed by atoms with van der Waals surface area (Å²) >= 11 is 11.8. The maximum absolute atomic E-state index is 12.8. The average molecular weight is 336 g/mol. The molecule has 0 unspecified atom stereocenters. The maximum Gasteiger partial charge on any atom is 0.243 e. The Balaban J connectivity index is 2.37. The molecule has 3 nitrogen and oxygen atoms in total. The van der Waals surface area contributed by atoms with Crippen LogP contribution in [-0.4, -0.2) is 25.3 Å². The van der Waals surface area contributed by atoms with Gasteiger partial charge in [-0.1, -0.05) is 31.4 Å². The van der Waals surface area contributed by atoms with Crippen molar-refractivity contribution >= 4 is 33.2 Å². The van der Waals surface area contributed by atoms with Crippen LogP contribution in [0, 0.1) is 0 Å². The van der Waals surface area contributed by atoms with E-state index in [9.17, 15) is 8.42 Å². The second-order valence-corrected chi connectivity index (χ2v) is 7.60. The van der Waals surface area contributed by atoms with E-state index in [1.54, 1.807) is 22.5 Å². The highest BCUT2D eigenvalue weighted by molar-refractivity contribution is 7.89. The van der Waals surface area contributed by atoms with Crippen LogP contribution in [0.15, 0.2) is 23.1 Å². The van der Waals surface area contributed by atoms with Crippen LogP contribution in [0.25, 0.3) is 0 Å². The molecule has 1 saturated carbocycles. The van der Waals surface area contributed by atoms with Crippen molar-refractivity contribution in [3.05, 3.63) is 28.8 Å². The molecule has 0 bridgehead atoms. The van der Waals surface area contributed by atoms with Crippen molar-refractivity contribution in [3.63, 3.8) is 0 Å². The summed E-state index contributed by atoms with van der Waals surface area (Å²) < 4.78 is 27.2. The Morgan fingerprint density at radius 2 is 1.95 bits per heavy atom. The van der Waals surface area contributed by atoms with Crippen molar-refractivity contribution in [2.24, 2.45) is 0 Å². The smallest absolute Gasteiger partial charge is 0.207 e. The first kappa shape index (κ1) is 16.1. The predicted octanol–water partition coefficient (Wildman–Crippen LogP) is 4.03. The zero-order chi connectivity index (χ0) is 14.8. The molecule has 112 valence electrons. The van der Waals surface area contributed by atoms with Crippen LogP contribution in [0.5, 0.6) is 0 Å². The molecule has 0 N–H and O–H groups in total. The normalized spacial score (nSPS) is 17.0. The van der Waals surface area contributed by atoms with Gasteiger partial charge in [-0.3, -0.25) is 0 Å². The minimum absolute atomic E-state index is 0.125. The molecule has 1 aromatic rings. The van der Waals surface area contributed by atoms with E-state index < -0.39 is 10.0 Å². The van der Waals surface area contributed by atoms with E-state index in [0.717, 1.165) is 25.7 Å². The zero-order valence-electron chi connectivity index (χ0n) is 11.5. The fourth-order valence-corrected chi connectivity index (χ4v) is 4.99. The monoisotopic (exact) mass is 335 g/mol. The summed E-state index contributed by atoms with van der Waals surface area (Å²) in [6.45, 7) is 2.38. The number of nitrogens with zero attached hydrogens (tertiary/aromatic N) is 1. The molecule has 1 aliphatic rings. The van der Waals surface area contributed by atoms with Gasteiger partial charge in [-0.2, -0.15) is 4.31 Å². The van der Waals surface area contributed by atoms with Crippen molar-refractivity contribution in [1.82, 2.24) is 4.31 Å². The summed E-state index contributed by atoms with van der Waals surface area (Å²) in [6, 6.07) is 4.88. The third-order valence-corrected chi connectivity index (χ3v) is 6.49. The summed E-state index contributed by atoms with van der Waals surface area (Å²) in [6.07, 6.45) is 4.10. The lowest BCUT2D eigenvalue weighted by molar-refractivity contribution is 0.335. The molecule has 20 heavy (non-hydrogen) atoms. The van der Waals surface area contributed by atoms with Crippen LogP contribution in [0.2, 0.25) is 5.02 Å². The Morgan fingerprint density at radius 1 is 1.30 bits per heavy atom. The highest BCUT2D eigenvalue weighted by Gasteiger charge is 2.32. The SMILES string of the molecule is CCN(C1CCCC1)S(=O)(=O)c1ccc(Cl)c(CCl)c1. The molecule has 0 aliphatic heterocycles. The third kappa shape index (κ3) is 3.14. The molecular weight excluding hydrogens is 317 g/mol. The lowest BCUT2D eigenvalue weighted by atomic mass is 10.2. The highest BCUT2D eigenvalue weighted by Crippen LogP contribution is 2.30. The first-order valence-electron chi connectivity index (χ1n) is 6.87. The van der Waals surface area contributed by atoms with Gasteiger partial charge in [-0.05, 0) is 36.6 Å². The largest absolute Gasteiger partial charge is 0.243 e. The number of halogens is 2. The summed E-state index contributed by atoms with van der Waals surface area (Å²) in [5.41, 5.74) is 0.650. The van der Waals surface area contributed by atoms with Gasteiger partial charge in [0.15, 0.2) is 0 Å². The minimum Gasteiger partial charge on any atom is -0.207 e. The quantitative estimate of drug-likeness (QED) is 0.761. The zero-order valence-corrected chi connectivity index (χ0v) is 13.8. The van der Waals surface area contributed by atoms with Gasteiger partial charge in [-0.15, -0.1) is 11.6 Å². The van der Waals surface area contributed by atoms with Gasteiger partial charge in [0.05, 0.1) is 4.90 Å². The molecule has 1 aromatic carbocycles. The van der Waals surface area contributed by atoms with Gasteiger partial charge in [0, 0.05) is 23.5 Å². The number of sulfonamides is 1. The molecular formula is C14H19Cl2NO2S. The first-order chi connectivity index (χ1) is 9.50. The fraction of sp³-hybridized carbons (Fsp3) is 0.571. The van der Waals surface area contributed by atoms with Crippen molar-refractivity contribution < 1.29 is 8.42 Å². The topological polar surface area (TPSA) is 37.4 Å². The molecule has 1 fully saturated rings. The van der Waals surface area contributed by atoms with Gasteiger partial charge in [-0.25, -0.2) is 8.42 Å². The number of hydrogen-bond donors (Lipinski definition) is 0.